The average molecular weight is 449 g/mol. The molecule has 1 aliphatic heterocycles. The third-order valence-electron chi connectivity index (χ3n) is 5.78. The van der Waals surface area contributed by atoms with E-state index >= 15 is 0 Å². The lowest BCUT2D eigenvalue weighted by Crippen LogP contribution is -2.46. The van der Waals surface area contributed by atoms with Crippen molar-refractivity contribution in [1.82, 2.24) is 15.2 Å². The van der Waals surface area contributed by atoms with Gasteiger partial charge in [0.2, 0.25) is 0 Å². The SMILES string of the molecule is O=C(Nc1cccc(OCc2cccc(F)c2)c1)NC1CCN(CCc2ccncc2)CC1. The predicted molar refractivity (Wildman–Crippen MR) is 127 cm³/mol. The number of amides is 2. The molecule has 0 radical (unpaired) electrons. The van der Waals surface area contributed by atoms with E-state index in [1.807, 2.05) is 36.7 Å². The van der Waals surface area contributed by atoms with Crippen molar-refractivity contribution < 1.29 is 13.9 Å². The Hall–Kier alpha value is -3.45. The van der Waals surface area contributed by atoms with Crippen molar-refractivity contribution in [2.45, 2.75) is 31.9 Å². The van der Waals surface area contributed by atoms with Gasteiger partial charge in [-0.25, -0.2) is 9.18 Å². The third kappa shape index (κ3) is 7.29. The Morgan fingerprint density at radius 2 is 1.82 bits per heavy atom. The van der Waals surface area contributed by atoms with E-state index in [-0.39, 0.29) is 24.5 Å². The van der Waals surface area contributed by atoms with Gasteiger partial charge in [0.05, 0.1) is 0 Å². The van der Waals surface area contributed by atoms with Crippen molar-refractivity contribution in [2.75, 3.05) is 25.0 Å². The Morgan fingerprint density at radius 3 is 2.61 bits per heavy atom. The van der Waals surface area contributed by atoms with Crippen molar-refractivity contribution >= 4 is 11.7 Å². The van der Waals surface area contributed by atoms with Gasteiger partial charge in [-0.3, -0.25) is 4.98 Å². The van der Waals surface area contributed by atoms with Crippen LogP contribution in [0.25, 0.3) is 0 Å². The Labute approximate surface area is 193 Å². The molecule has 2 amide bonds. The topological polar surface area (TPSA) is 66.5 Å². The molecular formula is C26H29FN4O2. The van der Waals surface area contributed by atoms with E-state index in [1.165, 1.54) is 17.7 Å². The number of nitrogens with one attached hydrogen (secondary N) is 2. The molecule has 0 spiro atoms. The number of halogens is 1. The summed E-state index contributed by atoms with van der Waals surface area (Å²) in [6, 6.07) is 17.6. The first-order chi connectivity index (χ1) is 16.1. The normalized spacial score (nSPS) is 14.6. The molecule has 2 heterocycles. The largest absolute Gasteiger partial charge is 0.489 e. The zero-order chi connectivity index (χ0) is 22.9. The van der Waals surface area contributed by atoms with E-state index in [0.29, 0.717) is 11.4 Å². The summed E-state index contributed by atoms with van der Waals surface area (Å²) in [6.45, 7) is 3.22. The number of carbonyl (C=O) groups excluding carboxylic acids is 1. The summed E-state index contributed by atoms with van der Waals surface area (Å²) in [5.41, 5.74) is 2.70. The molecule has 3 aromatic rings. The van der Waals surface area contributed by atoms with Crippen LogP contribution in [-0.4, -0.2) is 41.6 Å². The first kappa shape index (κ1) is 22.7. The minimum Gasteiger partial charge on any atom is -0.489 e. The van der Waals surface area contributed by atoms with Gasteiger partial charge in [0.1, 0.15) is 18.2 Å². The number of hydrogen-bond donors (Lipinski definition) is 2. The number of hydrogen-bond acceptors (Lipinski definition) is 4. The number of nitrogens with zero attached hydrogens (tertiary/aromatic N) is 2. The molecule has 33 heavy (non-hydrogen) atoms. The standard InChI is InChI=1S/C26H29FN4O2/c27-22-4-1-3-21(17-22)19-33-25-6-2-5-24(18-25)30-26(32)29-23-10-15-31(16-11-23)14-9-20-7-12-28-13-8-20/h1-8,12-13,17-18,23H,9-11,14-16,19H2,(H2,29,30,32). The van der Waals surface area contributed by atoms with E-state index in [9.17, 15) is 9.18 Å². The Balaban J connectivity index is 1.19. The molecule has 0 atom stereocenters. The van der Waals surface area contributed by atoms with Crippen LogP contribution in [0.1, 0.15) is 24.0 Å². The number of carbonyl (C=O) groups is 1. The smallest absolute Gasteiger partial charge is 0.319 e. The van der Waals surface area contributed by atoms with Gasteiger partial charge in [0, 0.05) is 49.8 Å². The van der Waals surface area contributed by atoms with Crippen LogP contribution in [0.15, 0.2) is 73.1 Å². The highest BCUT2D eigenvalue weighted by Gasteiger charge is 2.20. The molecule has 0 unspecified atom stereocenters. The maximum Gasteiger partial charge on any atom is 0.319 e. The van der Waals surface area contributed by atoms with E-state index in [4.69, 9.17) is 4.74 Å². The third-order valence-corrected chi connectivity index (χ3v) is 5.78. The van der Waals surface area contributed by atoms with Gasteiger partial charge in [-0.1, -0.05) is 18.2 Å². The minimum absolute atomic E-state index is 0.162. The number of urea groups is 1. The minimum atomic E-state index is -0.289. The molecule has 7 heteroatoms. The van der Waals surface area contributed by atoms with Crippen LogP contribution in [0.2, 0.25) is 0 Å². The molecule has 172 valence electrons. The number of pyridine rings is 1. The fourth-order valence-electron chi connectivity index (χ4n) is 3.95. The van der Waals surface area contributed by atoms with Gasteiger partial charge in [-0.05, 0) is 66.8 Å². The summed E-state index contributed by atoms with van der Waals surface area (Å²) in [7, 11) is 0. The van der Waals surface area contributed by atoms with Crippen molar-refractivity contribution in [3.05, 3.63) is 90.0 Å². The van der Waals surface area contributed by atoms with Crippen molar-refractivity contribution in [3.63, 3.8) is 0 Å². The molecule has 6 nitrogen and oxygen atoms in total. The van der Waals surface area contributed by atoms with Crippen LogP contribution in [-0.2, 0) is 13.0 Å². The second-order valence-corrected chi connectivity index (χ2v) is 8.27. The quantitative estimate of drug-likeness (QED) is 0.527. The van der Waals surface area contributed by atoms with Crippen LogP contribution in [0.4, 0.5) is 14.9 Å². The summed E-state index contributed by atoms with van der Waals surface area (Å²) in [4.78, 5) is 19.0. The van der Waals surface area contributed by atoms with Crippen LogP contribution in [0.3, 0.4) is 0 Å². The van der Waals surface area contributed by atoms with Crippen molar-refractivity contribution in [3.8, 4) is 5.75 Å². The number of benzene rings is 2. The van der Waals surface area contributed by atoms with Crippen molar-refractivity contribution in [2.24, 2.45) is 0 Å². The number of ether oxygens (including phenoxy) is 1. The first-order valence-electron chi connectivity index (χ1n) is 11.3. The van der Waals surface area contributed by atoms with E-state index < -0.39 is 0 Å². The van der Waals surface area contributed by atoms with E-state index in [2.05, 4.69) is 32.7 Å². The molecule has 1 fully saturated rings. The Morgan fingerprint density at radius 1 is 1.03 bits per heavy atom. The maximum absolute atomic E-state index is 13.3. The number of rotatable bonds is 8. The summed E-state index contributed by atoms with van der Waals surface area (Å²) >= 11 is 0. The molecule has 0 aliphatic carbocycles. The fourth-order valence-corrected chi connectivity index (χ4v) is 3.95. The molecule has 0 bridgehead atoms. The van der Waals surface area contributed by atoms with Gasteiger partial charge in [0.25, 0.3) is 0 Å². The summed E-state index contributed by atoms with van der Waals surface area (Å²) < 4.78 is 19.0. The second kappa shape index (κ2) is 11.4. The highest BCUT2D eigenvalue weighted by Crippen LogP contribution is 2.19. The number of likely N-dealkylation sites (tertiary alicyclic amines) is 1. The summed E-state index contributed by atoms with van der Waals surface area (Å²) in [6.07, 6.45) is 6.53. The Kier molecular flexibility index (Phi) is 7.87. The molecule has 1 aliphatic rings. The predicted octanol–water partition coefficient (Wildman–Crippen LogP) is 4.63. The monoisotopic (exact) mass is 448 g/mol. The molecule has 2 aromatic carbocycles. The van der Waals surface area contributed by atoms with Gasteiger partial charge in [-0.2, -0.15) is 0 Å². The zero-order valence-electron chi connectivity index (χ0n) is 18.5. The molecule has 2 N–H and O–H groups in total. The maximum atomic E-state index is 13.3. The van der Waals surface area contributed by atoms with Gasteiger partial charge in [-0.15, -0.1) is 0 Å². The van der Waals surface area contributed by atoms with Gasteiger partial charge < -0.3 is 20.3 Å². The van der Waals surface area contributed by atoms with Crippen LogP contribution in [0.5, 0.6) is 5.75 Å². The highest BCUT2D eigenvalue weighted by atomic mass is 19.1. The highest BCUT2D eigenvalue weighted by molar-refractivity contribution is 5.89. The fraction of sp³-hybridized carbons (Fsp3) is 0.308. The van der Waals surface area contributed by atoms with Gasteiger partial charge >= 0.3 is 6.03 Å². The zero-order valence-corrected chi connectivity index (χ0v) is 18.5. The van der Waals surface area contributed by atoms with Crippen LogP contribution < -0.4 is 15.4 Å². The summed E-state index contributed by atoms with van der Waals surface area (Å²) in [5, 5.41) is 5.96. The number of anilines is 1. The molecule has 1 aromatic heterocycles. The Bertz CT molecular complexity index is 1040. The van der Waals surface area contributed by atoms with Crippen molar-refractivity contribution in [1.29, 1.82) is 0 Å². The molecule has 4 rings (SSSR count). The molecule has 0 saturated carbocycles. The van der Waals surface area contributed by atoms with Crippen LogP contribution >= 0.6 is 0 Å². The van der Waals surface area contributed by atoms with Gasteiger partial charge in [0.15, 0.2) is 0 Å². The molecule has 1 saturated heterocycles. The lowest BCUT2D eigenvalue weighted by Gasteiger charge is -2.32. The summed E-state index contributed by atoms with van der Waals surface area (Å²) in [5.74, 6) is 0.322. The molecular weight excluding hydrogens is 419 g/mol. The number of aromatic nitrogens is 1. The lowest BCUT2D eigenvalue weighted by atomic mass is 10.0. The lowest BCUT2D eigenvalue weighted by molar-refractivity contribution is 0.197. The van der Waals surface area contributed by atoms with E-state index in [0.717, 1.165) is 44.5 Å². The average Bonchev–Trinajstić information content (AvgIpc) is 2.83. The van der Waals surface area contributed by atoms with E-state index in [1.54, 1.807) is 12.1 Å². The van der Waals surface area contributed by atoms with Crippen LogP contribution in [0, 0.1) is 5.82 Å². The number of piperidine rings is 1. The first-order valence-corrected chi connectivity index (χ1v) is 11.3. The second-order valence-electron chi connectivity index (χ2n) is 8.27.